The normalized spacial score (nSPS) is 9.39. The number of anilines is 1. The van der Waals surface area contributed by atoms with Crippen LogP contribution in [0, 0.1) is 0 Å². The minimum Gasteiger partial charge on any atom is -0.466 e. The van der Waals surface area contributed by atoms with Crippen LogP contribution in [0.2, 0.25) is 0 Å². The van der Waals surface area contributed by atoms with Crippen molar-refractivity contribution in [3.05, 3.63) is 21.5 Å². The Labute approximate surface area is 107 Å². The van der Waals surface area contributed by atoms with Gasteiger partial charge in [-0.05, 0) is 12.5 Å². The highest BCUT2D eigenvalue weighted by Gasteiger charge is 2.09. The van der Waals surface area contributed by atoms with Gasteiger partial charge in [-0.2, -0.15) is 0 Å². The van der Waals surface area contributed by atoms with Crippen LogP contribution in [-0.4, -0.2) is 30.0 Å². The molecule has 1 amide bonds. The molecular weight excluding hydrogens is 258 g/mol. The summed E-state index contributed by atoms with van der Waals surface area (Å²) in [4.78, 5) is 28.9. The number of nitrogens with one attached hydrogen (secondary N) is 1. The zero-order valence-electron chi connectivity index (χ0n) is 9.62. The van der Waals surface area contributed by atoms with Crippen molar-refractivity contribution in [3.8, 4) is 0 Å². The van der Waals surface area contributed by atoms with Crippen molar-refractivity contribution in [2.75, 3.05) is 18.5 Å². The molecule has 9 heteroatoms. The van der Waals surface area contributed by atoms with Crippen LogP contribution in [0.4, 0.5) is 5.13 Å². The second kappa shape index (κ2) is 7.25. The van der Waals surface area contributed by atoms with Crippen LogP contribution >= 0.6 is 11.3 Å². The highest BCUT2D eigenvalue weighted by atomic mass is 32.1. The molecule has 8 nitrogen and oxygen atoms in total. The summed E-state index contributed by atoms with van der Waals surface area (Å²) in [6.07, 6.45) is 0.0660. The number of thiazole rings is 1. The fourth-order valence-corrected chi connectivity index (χ4v) is 1.79. The molecule has 0 bridgehead atoms. The first kappa shape index (κ1) is 13.9. The van der Waals surface area contributed by atoms with Gasteiger partial charge in [0.05, 0.1) is 18.7 Å². The van der Waals surface area contributed by atoms with Crippen molar-refractivity contribution in [3.63, 3.8) is 0 Å². The van der Waals surface area contributed by atoms with Crippen molar-refractivity contribution in [1.29, 1.82) is 0 Å². The predicted molar refractivity (Wildman–Crippen MR) is 65.1 cm³/mol. The number of azide groups is 1. The fourth-order valence-electron chi connectivity index (χ4n) is 1.06. The standard InChI is InChI=1S/C9H11N5O3S/c1-2-17-8(16)3-6-5-18-9(12-6)13-7(15)4-11-14-10/h5H,2-4H2,1H3,(H,12,13,15). The minimum atomic E-state index is -0.454. The summed E-state index contributed by atoms with van der Waals surface area (Å²) in [7, 11) is 0. The van der Waals surface area contributed by atoms with Gasteiger partial charge in [-0.25, -0.2) is 4.98 Å². The fraction of sp³-hybridized carbons (Fsp3) is 0.444. The van der Waals surface area contributed by atoms with Crippen LogP contribution in [0.15, 0.2) is 10.5 Å². The quantitative estimate of drug-likeness (QED) is 0.364. The number of nitrogens with zero attached hydrogens (tertiary/aromatic N) is 4. The van der Waals surface area contributed by atoms with Gasteiger partial charge in [0.1, 0.15) is 6.54 Å². The van der Waals surface area contributed by atoms with Crippen LogP contribution in [-0.2, 0) is 20.7 Å². The largest absolute Gasteiger partial charge is 0.466 e. The van der Waals surface area contributed by atoms with Gasteiger partial charge < -0.3 is 10.1 Å². The molecule has 1 aromatic rings. The van der Waals surface area contributed by atoms with Crippen molar-refractivity contribution in [2.24, 2.45) is 5.11 Å². The third-order valence-corrected chi connectivity index (χ3v) is 2.51. The first-order chi connectivity index (χ1) is 8.65. The zero-order valence-corrected chi connectivity index (χ0v) is 10.4. The molecule has 1 heterocycles. The molecule has 0 aliphatic heterocycles. The van der Waals surface area contributed by atoms with E-state index in [0.29, 0.717) is 17.4 Å². The van der Waals surface area contributed by atoms with Gasteiger partial charge >= 0.3 is 5.97 Å². The van der Waals surface area contributed by atoms with E-state index in [2.05, 4.69) is 20.3 Å². The van der Waals surface area contributed by atoms with Crippen LogP contribution in [0.25, 0.3) is 10.4 Å². The zero-order chi connectivity index (χ0) is 13.4. The third-order valence-electron chi connectivity index (χ3n) is 1.71. The average Bonchev–Trinajstić information content (AvgIpc) is 2.74. The third kappa shape index (κ3) is 4.81. The smallest absolute Gasteiger partial charge is 0.311 e. The second-order valence-electron chi connectivity index (χ2n) is 3.06. The lowest BCUT2D eigenvalue weighted by molar-refractivity contribution is -0.142. The van der Waals surface area contributed by atoms with E-state index in [-0.39, 0.29) is 18.9 Å². The maximum atomic E-state index is 11.2. The molecule has 0 aliphatic rings. The topological polar surface area (TPSA) is 117 Å². The molecule has 0 aromatic carbocycles. The van der Waals surface area contributed by atoms with Gasteiger partial charge in [0.2, 0.25) is 5.91 Å². The molecule has 0 radical (unpaired) electrons. The Morgan fingerprint density at radius 2 is 2.44 bits per heavy atom. The van der Waals surface area contributed by atoms with Gasteiger partial charge in [0, 0.05) is 10.3 Å². The minimum absolute atomic E-state index is 0.0660. The molecular formula is C9H11N5O3S. The number of ether oxygens (including phenoxy) is 1. The number of amides is 1. The highest BCUT2D eigenvalue weighted by molar-refractivity contribution is 7.13. The number of esters is 1. The Balaban J connectivity index is 2.50. The van der Waals surface area contributed by atoms with Crippen LogP contribution in [0.5, 0.6) is 0 Å². The van der Waals surface area contributed by atoms with Gasteiger partial charge in [-0.1, -0.05) is 5.11 Å². The van der Waals surface area contributed by atoms with E-state index in [4.69, 9.17) is 10.3 Å². The van der Waals surface area contributed by atoms with E-state index >= 15 is 0 Å². The first-order valence-corrected chi connectivity index (χ1v) is 5.94. The van der Waals surface area contributed by atoms with Crippen LogP contribution < -0.4 is 5.32 Å². The predicted octanol–water partition coefficient (Wildman–Crippen LogP) is 1.50. The average molecular weight is 269 g/mol. The molecule has 0 aliphatic carbocycles. The summed E-state index contributed by atoms with van der Waals surface area (Å²) >= 11 is 1.19. The summed E-state index contributed by atoms with van der Waals surface area (Å²) in [6, 6.07) is 0. The Kier molecular flexibility index (Phi) is 5.62. The SMILES string of the molecule is CCOC(=O)Cc1csc(NC(=O)CN=[N+]=[N-])n1. The maximum Gasteiger partial charge on any atom is 0.311 e. The lowest BCUT2D eigenvalue weighted by Gasteiger charge is -1.98. The molecule has 96 valence electrons. The molecule has 0 spiro atoms. The molecule has 18 heavy (non-hydrogen) atoms. The summed E-state index contributed by atoms with van der Waals surface area (Å²) in [6.45, 7) is 1.75. The summed E-state index contributed by atoms with van der Waals surface area (Å²) in [5.74, 6) is -0.820. The van der Waals surface area contributed by atoms with Crippen LogP contribution in [0.1, 0.15) is 12.6 Å². The molecule has 1 N–H and O–H groups in total. The maximum absolute atomic E-state index is 11.2. The lowest BCUT2D eigenvalue weighted by atomic mass is 10.3. The van der Waals surface area contributed by atoms with Gasteiger partial charge in [0.15, 0.2) is 5.13 Å². The summed E-state index contributed by atoms with van der Waals surface area (Å²) < 4.78 is 4.77. The van der Waals surface area contributed by atoms with E-state index in [1.54, 1.807) is 12.3 Å². The summed E-state index contributed by atoms with van der Waals surface area (Å²) in [5, 5.41) is 7.58. The van der Waals surface area contributed by atoms with Crippen molar-refractivity contribution in [2.45, 2.75) is 13.3 Å². The van der Waals surface area contributed by atoms with E-state index in [0.717, 1.165) is 0 Å². The Morgan fingerprint density at radius 3 is 3.11 bits per heavy atom. The summed E-state index contributed by atoms with van der Waals surface area (Å²) in [5.41, 5.74) is 8.57. The number of aromatic nitrogens is 1. The molecule has 1 rings (SSSR count). The Hall–Kier alpha value is -2.12. The Bertz CT molecular complexity index is 480. The molecule has 0 atom stereocenters. The molecule has 0 saturated heterocycles. The van der Waals surface area contributed by atoms with Crippen molar-refractivity contribution >= 4 is 28.3 Å². The van der Waals surface area contributed by atoms with Crippen LogP contribution in [0.3, 0.4) is 0 Å². The molecule has 0 fully saturated rings. The second-order valence-corrected chi connectivity index (χ2v) is 3.92. The van der Waals surface area contributed by atoms with E-state index in [1.807, 2.05) is 0 Å². The van der Waals surface area contributed by atoms with Crippen molar-refractivity contribution in [1.82, 2.24) is 4.98 Å². The van der Waals surface area contributed by atoms with Gasteiger partial charge in [-0.3, -0.25) is 9.59 Å². The van der Waals surface area contributed by atoms with Gasteiger partial charge in [-0.15, -0.1) is 11.3 Å². The van der Waals surface area contributed by atoms with Gasteiger partial charge in [0.25, 0.3) is 0 Å². The van der Waals surface area contributed by atoms with E-state index < -0.39 is 5.91 Å². The number of carbonyl (C=O) groups excluding carboxylic acids is 2. The monoisotopic (exact) mass is 269 g/mol. The Morgan fingerprint density at radius 1 is 1.67 bits per heavy atom. The number of hydrogen-bond acceptors (Lipinski definition) is 6. The van der Waals surface area contributed by atoms with E-state index in [9.17, 15) is 9.59 Å². The highest BCUT2D eigenvalue weighted by Crippen LogP contribution is 2.15. The molecule has 1 aromatic heterocycles. The van der Waals surface area contributed by atoms with Crippen molar-refractivity contribution < 1.29 is 14.3 Å². The number of rotatable bonds is 6. The number of hydrogen-bond donors (Lipinski definition) is 1. The molecule has 0 unspecified atom stereocenters. The number of carbonyl (C=O) groups is 2. The lowest BCUT2D eigenvalue weighted by Crippen LogP contribution is -2.14. The van der Waals surface area contributed by atoms with E-state index in [1.165, 1.54) is 11.3 Å². The first-order valence-electron chi connectivity index (χ1n) is 5.06. The molecule has 0 saturated carbocycles.